The van der Waals surface area contributed by atoms with Gasteiger partial charge in [-0.1, -0.05) is 20.8 Å². The van der Waals surface area contributed by atoms with Gasteiger partial charge in [-0.05, 0) is 11.5 Å². The maximum Gasteiger partial charge on any atom is 0.0695 e. The minimum absolute atomic E-state index is 0.272. The molecule has 1 unspecified atom stereocenters. The van der Waals surface area contributed by atoms with E-state index in [0.29, 0.717) is 6.04 Å². The van der Waals surface area contributed by atoms with Gasteiger partial charge in [-0.15, -0.1) is 0 Å². The SMILES string of the molecule is CC(C)(C)C1CNCc2ccnn21. The third-order valence-electron chi connectivity index (χ3n) is 2.69. The van der Waals surface area contributed by atoms with E-state index in [1.807, 2.05) is 6.20 Å². The van der Waals surface area contributed by atoms with Crippen molar-refractivity contribution in [1.29, 1.82) is 0 Å². The molecule has 1 aliphatic heterocycles. The predicted octanol–water partition coefficient (Wildman–Crippen LogP) is 1.57. The Labute approximate surface area is 79.1 Å². The van der Waals surface area contributed by atoms with Crippen molar-refractivity contribution in [2.24, 2.45) is 5.41 Å². The van der Waals surface area contributed by atoms with Crippen molar-refractivity contribution in [2.75, 3.05) is 6.54 Å². The van der Waals surface area contributed by atoms with Crippen molar-refractivity contribution in [3.05, 3.63) is 18.0 Å². The Morgan fingerprint density at radius 3 is 3.00 bits per heavy atom. The van der Waals surface area contributed by atoms with Gasteiger partial charge >= 0.3 is 0 Å². The molecular formula is C10H17N3. The number of fused-ring (bicyclic) bond motifs is 1. The van der Waals surface area contributed by atoms with Gasteiger partial charge in [0.2, 0.25) is 0 Å². The zero-order valence-corrected chi connectivity index (χ0v) is 8.54. The number of aromatic nitrogens is 2. The number of hydrogen-bond acceptors (Lipinski definition) is 2. The predicted molar refractivity (Wildman–Crippen MR) is 52.4 cm³/mol. The van der Waals surface area contributed by atoms with E-state index in [1.54, 1.807) is 0 Å². The van der Waals surface area contributed by atoms with Crippen molar-refractivity contribution >= 4 is 0 Å². The minimum atomic E-state index is 0.272. The molecule has 0 aromatic carbocycles. The van der Waals surface area contributed by atoms with Gasteiger partial charge in [-0.2, -0.15) is 5.10 Å². The Morgan fingerprint density at radius 1 is 1.54 bits per heavy atom. The molecule has 0 spiro atoms. The van der Waals surface area contributed by atoms with Crippen LogP contribution in [0.25, 0.3) is 0 Å². The molecule has 13 heavy (non-hydrogen) atoms. The van der Waals surface area contributed by atoms with Crippen molar-refractivity contribution in [1.82, 2.24) is 15.1 Å². The summed E-state index contributed by atoms with van der Waals surface area (Å²) in [6.45, 7) is 8.76. The summed E-state index contributed by atoms with van der Waals surface area (Å²) in [5, 5.41) is 7.80. The Balaban J connectivity index is 2.35. The average molecular weight is 179 g/mol. The van der Waals surface area contributed by atoms with E-state index in [9.17, 15) is 0 Å². The molecule has 0 bridgehead atoms. The van der Waals surface area contributed by atoms with Crippen LogP contribution < -0.4 is 5.32 Å². The highest BCUT2D eigenvalue weighted by Crippen LogP contribution is 2.31. The average Bonchev–Trinajstić information content (AvgIpc) is 2.48. The summed E-state index contributed by atoms with van der Waals surface area (Å²) in [4.78, 5) is 0. The number of nitrogens with one attached hydrogen (secondary N) is 1. The topological polar surface area (TPSA) is 29.9 Å². The van der Waals surface area contributed by atoms with Gasteiger partial charge in [-0.3, -0.25) is 4.68 Å². The molecule has 0 radical (unpaired) electrons. The normalized spacial score (nSPS) is 22.8. The van der Waals surface area contributed by atoms with Crippen LogP contribution in [0.1, 0.15) is 32.5 Å². The van der Waals surface area contributed by atoms with Gasteiger partial charge in [-0.25, -0.2) is 0 Å². The molecule has 1 aliphatic rings. The summed E-state index contributed by atoms with van der Waals surface area (Å²) < 4.78 is 2.16. The van der Waals surface area contributed by atoms with Gasteiger partial charge in [0, 0.05) is 19.3 Å². The summed E-state index contributed by atoms with van der Waals surface area (Å²) in [5.41, 5.74) is 1.57. The smallest absolute Gasteiger partial charge is 0.0695 e. The Kier molecular flexibility index (Phi) is 1.91. The maximum absolute atomic E-state index is 4.38. The summed E-state index contributed by atoms with van der Waals surface area (Å²) in [6.07, 6.45) is 1.89. The van der Waals surface area contributed by atoms with Gasteiger partial charge in [0.05, 0.1) is 11.7 Å². The van der Waals surface area contributed by atoms with Crippen LogP contribution in [0.4, 0.5) is 0 Å². The molecule has 0 saturated heterocycles. The number of rotatable bonds is 0. The van der Waals surface area contributed by atoms with Crippen molar-refractivity contribution < 1.29 is 0 Å². The first-order chi connectivity index (χ1) is 6.09. The lowest BCUT2D eigenvalue weighted by atomic mass is 9.86. The van der Waals surface area contributed by atoms with E-state index in [1.165, 1.54) is 5.69 Å². The molecule has 2 rings (SSSR count). The summed E-state index contributed by atoms with van der Waals surface area (Å²) in [7, 11) is 0. The molecule has 0 fully saturated rings. The molecular weight excluding hydrogens is 162 g/mol. The lowest BCUT2D eigenvalue weighted by Gasteiger charge is -2.35. The van der Waals surface area contributed by atoms with E-state index in [-0.39, 0.29) is 5.41 Å². The maximum atomic E-state index is 4.38. The molecule has 0 saturated carbocycles. The second-order valence-electron chi connectivity index (χ2n) is 4.78. The highest BCUT2D eigenvalue weighted by Gasteiger charge is 2.30. The Morgan fingerprint density at radius 2 is 2.31 bits per heavy atom. The van der Waals surface area contributed by atoms with Gasteiger partial charge < -0.3 is 5.32 Å². The lowest BCUT2D eigenvalue weighted by molar-refractivity contribution is 0.195. The van der Waals surface area contributed by atoms with E-state index >= 15 is 0 Å². The van der Waals surface area contributed by atoms with Gasteiger partial charge in [0.1, 0.15) is 0 Å². The van der Waals surface area contributed by atoms with Crippen LogP contribution in [0.2, 0.25) is 0 Å². The van der Waals surface area contributed by atoms with Crippen LogP contribution in [0.15, 0.2) is 12.3 Å². The van der Waals surface area contributed by atoms with E-state index in [4.69, 9.17) is 0 Å². The molecule has 2 heterocycles. The molecule has 3 nitrogen and oxygen atoms in total. The molecule has 1 N–H and O–H groups in total. The summed E-state index contributed by atoms with van der Waals surface area (Å²) in [6, 6.07) is 2.57. The highest BCUT2D eigenvalue weighted by molar-refractivity contribution is 5.06. The second-order valence-corrected chi connectivity index (χ2v) is 4.78. The van der Waals surface area contributed by atoms with Crippen LogP contribution in [-0.2, 0) is 6.54 Å². The van der Waals surface area contributed by atoms with Crippen molar-refractivity contribution in [3.8, 4) is 0 Å². The fraction of sp³-hybridized carbons (Fsp3) is 0.700. The molecule has 3 heteroatoms. The molecule has 1 atom stereocenters. The molecule has 0 amide bonds. The first-order valence-corrected chi connectivity index (χ1v) is 4.82. The molecule has 1 aromatic heterocycles. The van der Waals surface area contributed by atoms with Gasteiger partial charge in [0.15, 0.2) is 0 Å². The zero-order valence-electron chi connectivity index (χ0n) is 8.54. The minimum Gasteiger partial charge on any atom is -0.309 e. The second kappa shape index (κ2) is 2.84. The van der Waals surface area contributed by atoms with E-state index in [0.717, 1.165) is 13.1 Å². The Hall–Kier alpha value is -0.830. The van der Waals surface area contributed by atoms with Crippen LogP contribution in [0.3, 0.4) is 0 Å². The van der Waals surface area contributed by atoms with Crippen LogP contribution in [-0.4, -0.2) is 16.3 Å². The Bertz CT molecular complexity index is 295. The highest BCUT2D eigenvalue weighted by atomic mass is 15.3. The van der Waals surface area contributed by atoms with Gasteiger partial charge in [0.25, 0.3) is 0 Å². The van der Waals surface area contributed by atoms with Crippen molar-refractivity contribution in [3.63, 3.8) is 0 Å². The molecule has 72 valence electrons. The summed E-state index contributed by atoms with van der Waals surface area (Å²) >= 11 is 0. The fourth-order valence-electron chi connectivity index (χ4n) is 1.86. The molecule has 1 aromatic rings. The largest absolute Gasteiger partial charge is 0.309 e. The van der Waals surface area contributed by atoms with Crippen molar-refractivity contribution in [2.45, 2.75) is 33.4 Å². The first kappa shape index (κ1) is 8.75. The lowest BCUT2D eigenvalue weighted by Crippen LogP contribution is -2.40. The van der Waals surface area contributed by atoms with Crippen LogP contribution in [0, 0.1) is 5.41 Å². The monoisotopic (exact) mass is 179 g/mol. The zero-order chi connectivity index (χ0) is 9.47. The fourth-order valence-corrected chi connectivity index (χ4v) is 1.86. The van der Waals surface area contributed by atoms with E-state index < -0.39 is 0 Å². The van der Waals surface area contributed by atoms with Crippen LogP contribution in [0.5, 0.6) is 0 Å². The molecule has 0 aliphatic carbocycles. The third-order valence-corrected chi connectivity index (χ3v) is 2.69. The number of hydrogen-bond donors (Lipinski definition) is 1. The first-order valence-electron chi connectivity index (χ1n) is 4.82. The quantitative estimate of drug-likeness (QED) is 0.655. The number of nitrogens with zero attached hydrogens (tertiary/aromatic N) is 2. The summed E-state index contributed by atoms with van der Waals surface area (Å²) in [5.74, 6) is 0. The third kappa shape index (κ3) is 1.48. The standard InChI is InChI=1S/C10H17N3/c1-10(2,3)9-7-11-6-8-4-5-12-13(8)9/h4-5,9,11H,6-7H2,1-3H3. The van der Waals surface area contributed by atoms with E-state index in [2.05, 4.69) is 41.9 Å². The van der Waals surface area contributed by atoms with Crippen LogP contribution >= 0.6 is 0 Å².